The number of nitrogens with zero attached hydrogens (tertiary/aromatic N) is 1. The molecule has 0 aliphatic heterocycles. The number of ether oxygens (including phenoxy) is 1. The summed E-state index contributed by atoms with van der Waals surface area (Å²) in [6.07, 6.45) is 0. The highest BCUT2D eigenvalue weighted by Crippen LogP contribution is 2.31. The van der Waals surface area contributed by atoms with Crippen molar-refractivity contribution in [2.24, 2.45) is 0 Å². The van der Waals surface area contributed by atoms with Gasteiger partial charge in [-0.1, -0.05) is 25.9 Å². The number of anilines is 1. The number of nitrogen functional groups attached to an aromatic ring is 1. The first-order valence-electron chi connectivity index (χ1n) is 4.80. The lowest BCUT2D eigenvalue weighted by Crippen LogP contribution is -2.18. The Bertz CT molecular complexity index is 363. The van der Waals surface area contributed by atoms with Gasteiger partial charge >= 0.3 is 5.97 Å². The lowest BCUT2D eigenvalue weighted by atomic mass is 9.86. The molecule has 1 heterocycles. The van der Waals surface area contributed by atoms with Crippen molar-refractivity contribution >= 4 is 11.9 Å². The molecule has 0 atom stereocenters. The molecule has 5 nitrogen and oxygen atoms in total. The van der Waals surface area contributed by atoms with Gasteiger partial charge < -0.3 is 15.0 Å². The molecule has 1 aromatic rings. The minimum atomic E-state index is -0.497. The van der Waals surface area contributed by atoms with E-state index in [1.165, 1.54) is 0 Å². The fraction of sp³-hybridized carbons (Fsp3) is 0.600. The molecule has 15 heavy (non-hydrogen) atoms. The fourth-order valence-corrected chi connectivity index (χ4v) is 1.37. The van der Waals surface area contributed by atoms with E-state index in [1.807, 2.05) is 20.8 Å². The van der Waals surface area contributed by atoms with Crippen LogP contribution in [0.15, 0.2) is 4.52 Å². The minimum Gasteiger partial charge on any atom is -0.461 e. The molecule has 0 aromatic carbocycles. The lowest BCUT2D eigenvalue weighted by Gasteiger charge is -2.17. The Kier molecular flexibility index (Phi) is 3.02. The van der Waals surface area contributed by atoms with Crippen molar-refractivity contribution in [2.45, 2.75) is 33.1 Å². The van der Waals surface area contributed by atoms with Gasteiger partial charge in [-0.3, -0.25) is 0 Å². The number of carbonyl (C=O) groups excluding carboxylic acids is 1. The van der Waals surface area contributed by atoms with E-state index in [0.717, 1.165) is 0 Å². The molecule has 0 saturated carbocycles. The molecule has 1 rings (SSSR count). The average Bonchev–Trinajstić information content (AvgIpc) is 2.46. The van der Waals surface area contributed by atoms with Gasteiger partial charge in [0.2, 0.25) is 5.88 Å². The van der Waals surface area contributed by atoms with Crippen molar-refractivity contribution in [1.82, 2.24) is 5.16 Å². The summed E-state index contributed by atoms with van der Waals surface area (Å²) in [4.78, 5) is 11.5. The van der Waals surface area contributed by atoms with Crippen molar-refractivity contribution in [3.63, 3.8) is 0 Å². The minimum absolute atomic E-state index is 0.168. The number of hydrogen-bond acceptors (Lipinski definition) is 5. The predicted molar refractivity (Wildman–Crippen MR) is 55.6 cm³/mol. The van der Waals surface area contributed by atoms with Gasteiger partial charge in [0.1, 0.15) is 0 Å². The number of rotatable bonds is 2. The number of hydrogen-bond donors (Lipinski definition) is 1. The van der Waals surface area contributed by atoms with Gasteiger partial charge in [0.05, 0.1) is 12.2 Å². The molecule has 0 amide bonds. The maximum atomic E-state index is 11.5. The summed E-state index contributed by atoms with van der Waals surface area (Å²) in [5.41, 5.74) is 6.09. The van der Waals surface area contributed by atoms with E-state index >= 15 is 0 Å². The summed E-state index contributed by atoms with van der Waals surface area (Å²) in [7, 11) is 0. The van der Waals surface area contributed by atoms with Crippen molar-refractivity contribution < 1.29 is 14.1 Å². The summed E-state index contributed by atoms with van der Waals surface area (Å²) in [5.74, 6) is -0.326. The van der Waals surface area contributed by atoms with Crippen molar-refractivity contribution in [2.75, 3.05) is 12.3 Å². The Labute approximate surface area is 88.6 Å². The lowest BCUT2D eigenvalue weighted by molar-refractivity contribution is 0.0512. The monoisotopic (exact) mass is 212 g/mol. The average molecular weight is 212 g/mol. The summed E-state index contributed by atoms with van der Waals surface area (Å²) in [6.45, 7) is 7.82. The second-order valence-corrected chi connectivity index (χ2v) is 4.24. The van der Waals surface area contributed by atoms with E-state index in [1.54, 1.807) is 6.92 Å². The standard InChI is InChI=1S/C10H16N2O3/c1-5-14-9(13)7-6(10(2,3)4)8(11)15-12-7/h5,11H2,1-4H3. The number of nitrogens with two attached hydrogens (primary N) is 1. The smallest absolute Gasteiger partial charge is 0.360 e. The second-order valence-electron chi connectivity index (χ2n) is 4.24. The first-order chi connectivity index (χ1) is 6.88. The molecule has 5 heteroatoms. The van der Waals surface area contributed by atoms with Crippen molar-refractivity contribution in [3.8, 4) is 0 Å². The molecule has 0 unspecified atom stereocenters. The number of esters is 1. The summed E-state index contributed by atoms with van der Waals surface area (Å²) in [5, 5.41) is 3.63. The first kappa shape index (κ1) is 11.6. The van der Waals surface area contributed by atoms with Gasteiger partial charge in [-0.15, -0.1) is 0 Å². The fourth-order valence-electron chi connectivity index (χ4n) is 1.37. The molecular formula is C10H16N2O3. The van der Waals surface area contributed by atoms with Crippen LogP contribution in [0, 0.1) is 0 Å². The third-order valence-corrected chi connectivity index (χ3v) is 1.94. The van der Waals surface area contributed by atoms with Crippen molar-refractivity contribution in [1.29, 1.82) is 0 Å². The molecule has 0 fully saturated rings. The third-order valence-electron chi connectivity index (χ3n) is 1.94. The van der Waals surface area contributed by atoms with Gasteiger partial charge in [0.25, 0.3) is 0 Å². The Morgan fingerprint density at radius 1 is 1.53 bits per heavy atom. The van der Waals surface area contributed by atoms with Crippen LogP contribution >= 0.6 is 0 Å². The summed E-state index contributed by atoms with van der Waals surface area (Å²) in [6, 6.07) is 0. The van der Waals surface area contributed by atoms with Gasteiger partial charge in [0, 0.05) is 0 Å². The first-order valence-corrected chi connectivity index (χ1v) is 4.80. The zero-order chi connectivity index (χ0) is 11.6. The predicted octanol–water partition coefficient (Wildman–Crippen LogP) is 1.73. The van der Waals surface area contributed by atoms with Gasteiger partial charge in [0.15, 0.2) is 5.69 Å². The highest BCUT2D eigenvalue weighted by atomic mass is 16.5. The van der Waals surface area contributed by atoms with Crippen LogP contribution in [0.2, 0.25) is 0 Å². The second kappa shape index (κ2) is 3.92. The van der Waals surface area contributed by atoms with E-state index < -0.39 is 5.97 Å². The molecule has 0 saturated heterocycles. The van der Waals surface area contributed by atoms with E-state index in [0.29, 0.717) is 12.2 Å². The molecule has 0 aliphatic carbocycles. The molecular weight excluding hydrogens is 196 g/mol. The van der Waals surface area contributed by atoms with Gasteiger partial charge in [-0.2, -0.15) is 0 Å². The highest BCUT2D eigenvalue weighted by molar-refractivity contribution is 5.90. The quantitative estimate of drug-likeness (QED) is 0.755. The zero-order valence-corrected chi connectivity index (χ0v) is 9.46. The van der Waals surface area contributed by atoms with Crippen molar-refractivity contribution in [3.05, 3.63) is 11.3 Å². The Morgan fingerprint density at radius 2 is 2.13 bits per heavy atom. The maximum absolute atomic E-state index is 11.5. The molecule has 0 bridgehead atoms. The molecule has 0 radical (unpaired) electrons. The Balaban J connectivity index is 3.15. The zero-order valence-electron chi connectivity index (χ0n) is 9.46. The van der Waals surface area contributed by atoms with Crippen LogP contribution in [0.5, 0.6) is 0 Å². The molecule has 1 aromatic heterocycles. The normalized spacial score (nSPS) is 11.5. The maximum Gasteiger partial charge on any atom is 0.360 e. The van der Waals surface area contributed by atoms with E-state index in [4.69, 9.17) is 15.0 Å². The van der Waals surface area contributed by atoms with Gasteiger partial charge in [-0.05, 0) is 12.3 Å². The number of aromatic nitrogens is 1. The van der Waals surface area contributed by atoms with Crippen LogP contribution in [-0.2, 0) is 10.2 Å². The van der Waals surface area contributed by atoms with Crippen LogP contribution in [-0.4, -0.2) is 17.7 Å². The highest BCUT2D eigenvalue weighted by Gasteiger charge is 2.30. The molecule has 0 spiro atoms. The summed E-state index contributed by atoms with van der Waals surface area (Å²) < 4.78 is 9.68. The number of carbonyl (C=O) groups is 1. The van der Waals surface area contributed by atoms with Crippen LogP contribution in [0.4, 0.5) is 5.88 Å². The van der Waals surface area contributed by atoms with E-state index in [9.17, 15) is 4.79 Å². The molecule has 84 valence electrons. The Hall–Kier alpha value is -1.52. The van der Waals surface area contributed by atoms with Crippen LogP contribution in [0.1, 0.15) is 43.7 Å². The van der Waals surface area contributed by atoms with E-state index in [-0.39, 0.29) is 17.0 Å². The molecule has 0 aliphatic rings. The van der Waals surface area contributed by atoms with E-state index in [2.05, 4.69) is 5.16 Å². The molecule has 2 N–H and O–H groups in total. The third kappa shape index (κ3) is 2.29. The topological polar surface area (TPSA) is 78.3 Å². The summed E-state index contributed by atoms with van der Waals surface area (Å²) >= 11 is 0. The van der Waals surface area contributed by atoms with Crippen LogP contribution in [0.3, 0.4) is 0 Å². The van der Waals surface area contributed by atoms with Gasteiger partial charge in [-0.25, -0.2) is 4.79 Å². The SMILES string of the molecule is CCOC(=O)c1noc(N)c1C(C)(C)C. The largest absolute Gasteiger partial charge is 0.461 e. The Morgan fingerprint density at radius 3 is 2.60 bits per heavy atom. The van der Waals surface area contributed by atoms with Crippen LogP contribution < -0.4 is 5.73 Å². The van der Waals surface area contributed by atoms with Crippen LogP contribution in [0.25, 0.3) is 0 Å².